The Kier molecular flexibility index (Phi) is 6.26. The van der Waals surface area contributed by atoms with Crippen LogP contribution in [0.15, 0.2) is 28.7 Å². The number of methoxy groups -OCH3 is 1. The molecule has 1 aromatic carbocycles. The number of aryl methyl sites for hydroxylation is 1. The van der Waals surface area contributed by atoms with E-state index in [-0.39, 0.29) is 42.0 Å². The monoisotopic (exact) mass is 532 g/mol. The highest BCUT2D eigenvalue weighted by Gasteiger charge is 2.45. The molecule has 11 nitrogen and oxygen atoms in total. The molecule has 39 heavy (non-hydrogen) atoms. The third-order valence-electron chi connectivity index (χ3n) is 7.41. The van der Waals surface area contributed by atoms with Gasteiger partial charge in [-0.3, -0.25) is 9.59 Å². The van der Waals surface area contributed by atoms with E-state index < -0.39 is 23.4 Å². The molecule has 1 atom stereocenters. The van der Waals surface area contributed by atoms with Crippen molar-refractivity contribution >= 4 is 40.5 Å². The van der Waals surface area contributed by atoms with E-state index in [1.165, 1.54) is 20.1 Å². The van der Waals surface area contributed by atoms with E-state index in [2.05, 4.69) is 5.32 Å². The lowest BCUT2D eigenvalue weighted by atomic mass is 9.86. The van der Waals surface area contributed by atoms with Crippen molar-refractivity contribution < 1.29 is 29.0 Å². The van der Waals surface area contributed by atoms with Gasteiger partial charge in [0, 0.05) is 34.7 Å². The number of aliphatic hydroxyl groups is 1. The van der Waals surface area contributed by atoms with Gasteiger partial charge in [0.25, 0.3) is 5.56 Å². The maximum Gasteiger partial charge on any atom is 0.354 e. The van der Waals surface area contributed by atoms with Crippen LogP contribution in [0.3, 0.4) is 0 Å². The molecule has 2 aromatic heterocycles. The van der Waals surface area contributed by atoms with Crippen LogP contribution < -0.4 is 16.6 Å². The SMILES string of the molecule is CCc1c2c(nc3ccc(C=C(NC(C)=O)C(=O)OC)c(N)c13)-c1cc3c(c(=O)n1C2)COC(=O)[C@]3(O)CC. The first-order valence-electron chi connectivity index (χ1n) is 12.5. The lowest BCUT2D eigenvalue weighted by Gasteiger charge is -2.31. The summed E-state index contributed by atoms with van der Waals surface area (Å²) >= 11 is 0. The summed E-state index contributed by atoms with van der Waals surface area (Å²) in [4.78, 5) is 54.7. The molecule has 1 amide bonds. The summed E-state index contributed by atoms with van der Waals surface area (Å²) in [5.41, 5.74) is 8.97. The van der Waals surface area contributed by atoms with Crippen molar-refractivity contribution in [2.24, 2.45) is 0 Å². The van der Waals surface area contributed by atoms with E-state index >= 15 is 0 Å². The van der Waals surface area contributed by atoms with Crippen LogP contribution >= 0.6 is 0 Å². The second-order valence-corrected chi connectivity index (χ2v) is 9.57. The molecule has 0 aliphatic carbocycles. The Morgan fingerprint density at radius 3 is 2.67 bits per heavy atom. The van der Waals surface area contributed by atoms with Gasteiger partial charge in [0.1, 0.15) is 12.3 Å². The van der Waals surface area contributed by atoms with Gasteiger partial charge in [0.15, 0.2) is 5.60 Å². The quantitative estimate of drug-likeness (QED) is 0.198. The van der Waals surface area contributed by atoms with E-state index in [9.17, 15) is 24.3 Å². The number of cyclic esters (lactones) is 1. The van der Waals surface area contributed by atoms with E-state index in [0.29, 0.717) is 40.0 Å². The van der Waals surface area contributed by atoms with Gasteiger partial charge >= 0.3 is 11.9 Å². The maximum atomic E-state index is 13.5. The fourth-order valence-corrected chi connectivity index (χ4v) is 5.43. The molecule has 202 valence electrons. The van der Waals surface area contributed by atoms with Crippen LogP contribution in [0.25, 0.3) is 28.4 Å². The van der Waals surface area contributed by atoms with Crippen molar-refractivity contribution in [3.05, 3.63) is 62.1 Å². The second kappa shape index (κ2) is 9.35. The molecular formula is C28H28N4O7. The van der Waals surface area contributed by atoms with E-state index in [1.54, 1.807) is 29.7 Å². The van der Waals surface area contributed by atoms with Gasteiger partial charge in [-0.2, -0.15) is 0 Å². The fraction of sp³-hybridized carbons (Fsp3) is 0.321. The second-order valence-electron chi connectivity index (χ2n) is 9.57. The molecule has 5 rings (SSSR count). The molecule has 11 heteroatoms. The first-order valence-corrected chi connectivity index (χ1v) is 12.5. The van der Waals surface area contributed by atoms with Gasteiger partial charge in [-0.1, -0.05) is 19.9 Å². The zero-order chi connectivity index (χ0) is 28.2. The van der Waals surface area contributed by atoms with Crippen molar-refractivity contribution in [2.75, 3.05) is 12.8 Å². The first kappa shape index (κ1) is 26.1. The number of nitrogens with zero attached hydrogens (tertiary/aromatic N) is 2. The summed E-state index contributed by atoms with van der Waals surface area (Å²) in [5, 5.41) is 14.2. The topological polar surface area (TPSA) is 163 Å². The number of benzene rings is 1. The number of ether oxygens (including phenoxy) is 2. The molecule has 0 radical (unpaired) electrons. The van der Waals surface area contributed by atoms with E-state index in [4.69, 9.17) is 20.2 Å². The predicted octanol–water partition coefficient (Wildman–Crippen LogP) is 1.87. The molecule has 4 heterocycles. The summed E-state index contributed by atoms with van der Waals surface area (Å²) in [7, 11) is 1.21. The average molecular weight is 533 g/mol. The number of hydrogen-bond donors (Lipinski definition) is 3. The minimum Gasteiger partial charge on any atom is -0.464 e. The van der Waals surface area contributed by atoms with Crippen LogP contribution in [0.4, 0.5) is 5.69 Å². The molecule has 0 saturated carbocycles. The molecule has 0 unspecified atom stereocenters. The third kappa shape index (κ3) is 3.88. The lowest BCUT2D eigenvalue weighted by Crippen LogP contribution is -2.44. The number of aromatic nitrogens is 2. The Bertz CT molecular complexity index is 1690. The number of fused-ring (bicyclic) bond motifs is 5. The van der Waals surface area contributed by atoms with Crippen LogP contribution in [-0.2, 0) is 49.0 Å². The molecule has 2 aliphatic rings. The smallest absolute Gasteiger partial charge is 0.354 e. The van der Waals surface area contributed by atoms with Crippen LogP contribution in [0, 0.1) is 0 Å². The molecule has 0 bridgehead atoms. The Morgan fingerprint density at radius 2 is 2.03 bits per heavy atom. The van der Waals surface area contributed by atoms with Crippen molar-refractivity contribution in [1.29, 1.82) is 0 Å². The van der Waals surface area contributed by atoms with Gasteiger partial charge in [0.05, 0.1) is 36.1 Å². The van der Waals surface area contributed by atoms with Gasteiger partial charge in [-0.15, -0.1) is 0 Å². The van der Waals surface area contributed by atoms with Gasteiger partial charge in [0.2, 0.25) is 5.91 Å². The molecule has 0 fully saturated rings. The Morgan fingerprint density at radius 1 is 1.28 bits per heavy atom. The van der Waals surface area contributed by atoms with Gasteiger partial charge in [-0.25, -0.2) is 14.6 Å². The minimum absolute atomic E-state index is 0.0544. The zero-order valence-electron chi connectivity index (χ0n) is 22.0. The van der Waals surface area contributed by atoms with Crippen LogP contribution in [0.1, 0.15) is 55.0 Å². The molecule has 0 spiro atoms. The van der Waals surface area contributed by atoms with Gasteiger partial charge < -0.3 is 30.2 Å². The van der Waals surface area contributed by atoms with Gasteiger partial charge in [-0.05, 0) is 36.6 Å². The standard InChI is InChI=1S/C28H28N4O7/c1-5-15-16-11-32-21(10-18-17(25(32)34)12-39-27(36)28(18,37)6-2)24(16)31-19-8-7-14(23(29)22(15)19)9-20(26(35)38-4)30-13(3)33/h7-10,37H,5-6,11-12,29H2,1-4H3,(H,30,33)/t28-/m0/s1. The molecule has 3 aromatic rings. The van der Waals surface area contributed by atoms with Crippen molar-refractivity contribution in [3.8, 4) is 11.4 Å². The Hall–Kier alpha value is -4.51. The number of nitrogens with one attached hydrogen (secondary N) is 1. The molecule has 4 N–H and O–H groups in total. The minimum atomic E-state index is -1.91. The zero-order valence-corrected chi connectivity index (χ0v) is 22.0. The lowest BCUT2D eigenvalue weighted by molar-refractivity contribution is -0.172. The maximum absolute atomic E-state index is 13.5. The number of carbonyl (C=O) groups is 3. The highest BCUT2D eigenvalue weighted by molar-refractivity contribution is 6.03. The van der Waals surface area contributed by atoms with Crippen LogP contribution in [0.5, 0.6) is 0 Å². The van der Waals surface area contributed by atoms with E-state index in [0.717, 1.165) is 11.1 Å². The molecule has 2 aliphatic heterocycles. The summed E-state index contributed by atoms with van der Waals surface area (Å²) in [6, 6.07) is 5.10. The number of pyridine rings is 2. The average Bonchev–Trinajstić information content (AvgIpc) is 3.29. The fourth-order valence-electron chi connectivity index (χ4n) is 5.43. The normalized spacial score (nSPS) is 17.8. The number of hydrogen-bond acceptors (Lipinski definition) is 9. The summed E-state index contributed by atoms with van der Waals surface area (Å²) < 4.78 is 11.5. The summed E-state index contributed by atoms with van der Waals surface area (Å²) in [6.07, 6.45) is 2.07. The summed E-state index contributed by atoms with van der Waals surface area (Å²) in [6.45, 7) is 4.93. The number of carbonyl (C=O) groups excluding carboxylic acids is 3. The van der Waals surface area contributed by atoms with Crippen molar-refractivity contribution in [1.82, 2.24) is 14.9 Å². The largest absolute Gasteiger partial charge is 0.464 e. The first-order chi connectivity index (χ1) is 18.5. The highest BCUT2D eigenvalue weighted by atomic mass is 16.6. The predicted molar refractivity (Wildman–Crippen MR) is 142 cm³/mol. The highest BCUT2D eigenvalue weighted by Crippen LogP contribution is 2.41. The summed E-state index contributed by atoms with van der Waals surface area (Å²) in [5.74, 6) is -1.94. The third-order valence-corrected chi connectivity index (χ3v) is 7.41. The number of nitrogens with two attached hydrogens (primary N) is 1. The Labute approximate surface area is 223 Å². The van der Waals surface area contributed by atoms with Crippen molar-refractivity contribution in [2.45, 2.75) is 52.4 Å². The van der Waals surface area contributed by atoms with Crippen LogP contribution in [0.2, 0.25) is 0 Å². The Balaban J connectivity index is 1.73. The number of esters is 2. The molecular weight excluding hydrogens is 504 g/mol. The number of anilines is 1. The van der Waals surface area contributed by atoms with Crippen LogP contribution in [-0.4, -0.2) is 39.6 Å². The number of amides is 1. The van der Waals surface area contributed by atoms with E-state index in [1.807, 2.05) is 6.92 Å². The number of nitrogen functional groups attached to an aromatic ring is 1. The number of rotatable bonds is 5. The molecule has 0 saturated heterocycles. The van der Waals surface area contributed by atoms with Crippen molar-refractivity contribution in [3.63, 3.8) is 0 Å².